The number of hydrogen-bond acceptors (Lipinski definition) is 7. The second-order valence-electron chi connectivity index (χ2n) is 10.6. The van der Waals surface area contributed by atoms with Gasteiger partial charge in [0.05, 0.1) is 33.4 Å². The molecule has 1 aromatic heterocycles. The van der Waals surface area contributed by atoms with E-state index in [1.165, 1.54) is 38.3 Å². The van der Waals surface area contributed by atoms with Gasteiger partial charge in [-0.1, -0.05) is 77.5 Å². The molecular weight excluding hydrogens is 780 g/mol. The molecule has 7 nitrogen and oxygen atoms in total. The van der Waals surface area contributed by atoms with E-state index < -0.39 is 35.0 Å². The maximum absolute atomic E-state index is 14.4. The number of allylic oxidation sites excluding steroid dienone is 1. The molecule has 1 aliphatic heterocycles. The zero-order valence-electron chi connectivity index (χ0n) is 25.3. The number of halogens is 5. The number of carbonyl (C=O) groups is 1. The average Bonchev–Trinajstić information content (AvgIpc) is 3.37. The molecule has 6 rings (SSSR count). The van der Waals surface area contributed by atoms with Crippen LogP contribution in [-0.2, 0) is 16.1 Å². The van der Waals surface area contributed by atoms with Crippen molar-refractivity contribution in [2.75, 3.05) is 13.7 Å². The van der Waals surface area contributed by atoms with Crippen LogP contribution in [-0.4, -0.2) is 30.4 Å². The van der Waals surface area contributed by atoms with Crippen LogP contribution < -0.4 is 24.4 Å². The Morgan fingerprint density at radius 3 is 2.52 bits per heavy atom. The van der Waals surface area contributed by atoms with Crippen molar-refractivity contribution in [1.29, 1.82) is 0 Å². The molecule has 1 aliphatic rings. The van der Waals surface area contributed by atoms with E-state index in [1.54, 1.807) is 18.2 Å². The minimum absolute atomic E-state index is 0.0987. The molecule has 0 saturated heterocycles. The molecule has 0 N–H and O–H groups in total. The van der Waals surface area contributed by atoms with Gasteiger partial charge in [0.1, 0.15) is 6.61 Å². The summed E-state index contributed by atoms with van der Waals surface area (Å²) in [7, 11) is 1.50. The number of methoxy groups -OCH3 is 1. The number of fused-ring (bicyclic) bond motifs is 2. The molecule has 2 heterocycles. The highest BCUT2D eigenvalue weighted by molar-refractivity contribution is 14.1. The monoisotopic (exact) mass is 804 g/mol. The van der Waals surface area contributed by atoms with Crippen LogP contribution >= 0.6 is 45.5 Å². The van der Waals surface area contributed by atoms with Gasteiger partial charge in [-0.2, -0.15) is 13.2 Å². The number of ether oxygens (including phenoxy) is 3. The fourth-order valence-corrected chi connectivity index (χ4v) is 7.39. The predicted octanol–water partition coefficient (Wildman–Crippen LogP) is 7.34. The standard InChI is InChI=1S/C35H25ClF3IN2O5S/c1-3-46-33(44)28-29(21-11-13-23(36)14-12-21)42-32(43)27(48-34(42)41-31(28)35(37,38)39)17-19-15-25(40)30(26(16-19)45-2)47-18-22-9-6-8-20-7-4-5-10-24(20)22/h4-17,29H,3,18H2,1-2H3/b27-17-/t29-/m1/s1. The van der Waals surface area contributed by atoms with Crippen molar-refractivity contribution in [2.24, 2.45) is 4.99 Å². The zero-order valence-corrected chi connectivity index (χ0v) is 29.0. The summed E-state index contributed by atoms with van der Waals surface area (Å²) in [6.45, 7) is 1.59. The lowest BCUT2D eigenvalue weighted by Crippen LogP contribution is -2.41. The lowest BCUT2D eigenvalue weighted by Gasteiger charge is -2.26. The lowest BCUT2D eigenvalue weighted by atomic mass is 9.95. The number of nitrogens with zero attached hydrogens (tertiary/aromatic N) is 2. The zero-order chi connectivity index (χ0) is 34.2. The van der Waals surface area contributed by atoms with Gasteiger partial charge in [0.25, 0.3) is 5.56 Å². The minimum atomic E-state index is -5.01. The van der Waals surface area contributed by atoms with Crippen LogP contribution in [0.3, 0.4) is 0 Å². The summed E-state index contributed by atoms with van der Waals surface area (Å²) in [5.74, 6) is -0.313. The number of carbonyl (C=O) groups excluding carboxylic acids is 1. The molecule has 0 unspecified atom stereocenters. The lowest BCUT2D eigenvalue weighted by molar-refractivity contribution is -0.140. The van der Waals surface area contributed by atoms with Crippen LogP contribution in [0.5, 0.6) is 11.5 Å². The summed E-state index contributed by atoms with van der Waals surface area (Å²) in [5, 5.41) is 2.49. The SMILES string of the molecule is CCOC(=O)C1=C(C(F)(F)F)N=c2s/c(=C\c3cc(I)c(OCc4cccc5ccccc45)c(OC)c3)c(=O)n2[C@@H]1c1ccc(Cl)cc1. The number of thiazole rings is 1. The summed E-state index contributed by atoms with van der Waals surface area (Å²) in [4.78, 5) is 30.6. The fourth-order valence-electron chi connectivity index (χ4n) is 5.48. The van der Waals surface area contributed by atoms with Crippen LogP contribution in [0.25, 0.3) is 16.8 Å². The third-order valence-electron chi connectivity index (χ3n) is 7.58. The molecule has 246 valence electrons. The van der Waals surface area contributed by atoms with E-state index in [0.29, 0.717) is 25.7 Å². The Labute approximate surface area is 294 Å². The van der Waals surface area contributed by atoms with Gasteiger partial charge in [0.15, 0.2) is 22.0 Å². The number of hydrogen-bond donors (Lipinski definition) is 0. The van der Waals surface area contributed by atoms with Crippen molar-refractivity contribution < 1.29 is 32.2 Å². The van der Waals surface area contributed by atoms with E-state index in [4.69, 9.17) is 25.8 Å². The Balaban J connectivity index is 1.44. The van der Waals surface area contributed by atoms with E-state index in [9.17, 15) is 22.8 Å². The summed E-state index contributed by atoms with van der Waals surface area (Å²) >= 11 is 8.94. The topological polar surface area (TPSA) is 79.1 Å². The first-order valence-electron chi connectivity index (χ1n) is 14.5. The third kappa shape index (κ3) is 6.61. The molecule has 1 atom stereocenters. The van der Waals surface area contributed by atoms with E-state index in [2.05, 4.69) is 27.6 Å². The van der Waals surface area contributed by atoms with Gasteiger partial charge >= 0.3 is 12.1 Å². The van der Waals surface area contributed by atoms with Crippen molar-refractivity contribution >= 4 is 68.3 Å². The fraction of sp³-hybridized carbons (Fsp3) is 0.171. The molecule has 0 saturated carbocycles. The van der Waals surface area contributed by atoms with Gasteiger partial charge in [0, 0.05) is 5.02 Å². The highest BCUT2D eigenvalue weighted by Gasteiger charge is 2.45. The highest BCUT2D eigenvalue weighted by atomic mass is 127. The third-order valence-corrected chi connectivity index (χ3v) is 9.62. The van der Waals surface area contributed by atoms with Gasteiger partial charge in [0.2, 0.25) is 0 Å². The van der Waals surface area contributed by atoms with Crippen LogP contribution in [0.15, 0.2) is 99.9 Å². The van der Waals surface area contributed by atoms with Crippen LogP contribution in [0.2, 0.25) is 5.02 Å². The average molecular weight is 805 g/mol. The van der Waals surface area contributed by atoms with Crippen molar-refractivity contribution in [3.8, 4) is 11.5 Å². The molecule has 4 aromatic carbocycles. The van der Waals surface area contributed by atoms with Crippen molar-refractivity contribution in [3.05, 3.63) is 135 Å². The Bertz CT molecular complexity index is 2260. The molecule has 13 heteroatoms. The van der Waals surface area contributed by atoms with E-state index >= 15 is 0 Å². The Kier molecular flexibility index (Phi) is 9.68. The largest absolute Gasteiger partial charge is 0.493 e. The maximum Gasteiger partial charge on any atom is 0.434 e. The molecule has 0 amide bonds. The molecule has 5 aromatic rings. The number of aromatic nitrogens is 1. The smallest absolute Gasteiger partial charge is 0.434 e. The molecule has 0 bridgehead atoms. The van der Waals surface area contributed by atoms with Gasteiger partial charge in [-0.05, 0) is 87.3 Å². The second kappa shape index (κ2) is 13.8. The van der Waals surface area contributed by atoms with Gasteiger partial charge in [-0.3, -0.25) is 9.36 Å². The van der Waals surface area contributed by atoms with E-state index in [1.807, 2.05) is 42.5 Å². The second-order valence-corrected chi connectivity index (χ2v) is 13.2. The Hall–Kier alpha value is -4.14. The first-order valence-corrected chi connectivity index (χ1v) is 16.8. The first-order chi connectivity index (χ1) is 23.0. The van der Waals surface area contributed by atoms with E-state index in [0.717, 1.165) is 32.2 Å². The summed E-state index contributed by atoms with van der Waals surface area (Å²) in [6, 6.07) is 21.9. The molecule has 0 radical (unpaired) electrons. The Morgan fingerprint density at radius 2 is 1.81 bits per heavy atom. The van der Waals surface area contributed by atoms with Crippen LogP contribution in [0, 0.1) is 3.57 Å². The van der Waals surface area contributed by atoms with Crippen molar-refractivity contribution in [1.82, 2.24) is 4.57 Å². The molecule has 48 heavy (non-hydrogen) atoms. The number of benzene rings is 4. The predicted molar refractivity (Wildman–Crippen MR) is 186 cm³/mol. The molecular formula is C35H25ClF3IN2O5S. The molecule has 0 fully saturated rings. The first kappa shape index (κ1) is 33.7. The van der Waals surface area contributed by atoms with Gasteiger partial charge in [-0.15, -0.1) is 0 Å². The van der Waals surface area contributed by atoms with Crippen LogP contribution in [0.1, 0.15) is 29.7 Å². The molecule has 0 aliphatic carbocycles. The van der Waals surface area contributed by atoms with E-state index in [-0.39, 0.29) is 28.1 Å². The summed E-state index contributed by atoms with van der Waals surface area (Å²) in [5.41, 5.74) is -1.07. The van der Waals surface area contributed by atoms with Gasteiger partial charge < -0.3 is 14.2 Å². The van der Waals surface area contributed by atoms with Crippen LogP contribution in [0.4, 0.5) is 13.2 Å². The minimum Gasteiger partial charge on any atom is -0.493 e. The molecule has 0 spiro atoms. The normalized spacial score (nSPS) is 14.9. The number of esters is 1. The quantitative estimate of drug-likeness (QED) is 0.121. The van der Waals surface area contributed by atoms with Gasteiger partial charge in [-0.25, -0.2) is 9.79 Å². The van der Waals surface area contributed by atoms with Crippen molar-refractivity contribution in [3.63, 3.8) is 0 Å². The summed E-state index contributed by atoms with van der Waals surface area (Å²) in [6.07, 6.45) is -3.46. The number of rotatable bonds is 8. The summed E-state index contributed by atoms with van der Waals surface area (Å²) < 4.78 is 62.0. The highest BCUT2D eigenvalue weighted by Crippen LogP contribution is 2.39. The number of alkyl halides is 3. The Morgan fingerprint density at radius 1 is 1.08 bits per heavy atom. The van der Waals surface area contributed by atoms with Crippen molar-refractivity contribution in [2.45, 2.75) is 25.7 Å². The maximum atomic E-state index is 14.4.